The lowest BCUT2D eigenvalue weighted by Crippen LogP contribution is -2.28. The Labute approximate surface area is 107 Å². The van der Waals surface area contributed by atoms with Gasteiger partial charge in [-0.05, 0) is 11.6 Å². The minimum atomic E-state index is -3.78. The molecule has 0 spiro atoms. The summed E-state index contributed by atoms with van der Waals surface area (Å²) in [5.74, 6) is 0. The van der Waals surface area contributed by atoms with Crippen LogP contribution in [0.5, 0.6) is 0 Å². The lowest BCUT2D eigenvalue weighted by atomic mass is 10.7. The molecule has 0 aliphatic heterocycles. The van der Waals surface area contributed by atoms with Crippen molar-refractivity contribution in [1.82, 2.24) is 14.7 Å². The van der Waals surface area contributed by atoms with E-state index in [0.29, 0.717) is 0 Å². The molecular formula is C8H10ClF2N3O3S. The molecule has 0 amide bonds. The zero-order valence-electron chi connectivity index (χ0n) is 9.01. The van der Waals surface area contributed by atoms with E-state index in [0.717, 1.165) is 12.4 Å². The van der Waals surface area contributed by atoms with E-state index < -0.39 is 23.1 Å². The molecule has 1 rings (SSSR count). The van der Waals surface area contributed by atoms with E-state index in [2.05, 4.69) is 19.4 Å². The highest BCUT2D eigenvalue weighted by Crippen LogP contribution is 2.06. The summed E-state index contributed by atoms with van der Waals surface area (Å²) in [5, 5.41) is -0.0748. The Morgan fingerprint density at radius 3 is 2.56 bits per heavy atom. The summed E-state index contributed by atoms with van der Waals surface area (Å²) in [7, 11) is -3.78. The first-order valence-corrected chi connectivity index (χ1v) is 6.61. The highest BCUT2D eigenvalue weighted by molar-refractivity contribution is 7.89. The molecule has 0 saturated carbocycles. The zero-order chi connectivity index (χ0) is 13.6. The molecule has 0 aliphatic carbocycles. The molecule has 102 valence electrons. The van der Waals surface area contributed by atoms with Crippen molar-refractivity contribution in [2.24, 2.45) is 0 Å². The van der Waals surface area contributed by atoms with Crippen LogP contribution in [0.2, 0.25) is 5.28 Å². The number of hydrogen-bond acceptors (Lipinski definition) is 5. The predicted octanol–water partition coefficient (Wildman–Crippen LogP) is 0.690. The first-order valence-electron chi connectivity index (χ1n) is 4.75. The van der Waals surface area contributed by atoms with Gasteiger partial charge in [-0.1, -0.05) is 0 Å². The summed E-state index contributed by atoms with van der Waals surface area (Å²) in [6, 6.07) is 0. The van der Waals surface area contributed by atoms with Crippen LogP contribution < -0.4 is 4.72 Å². The Hall–Kier alpha value is -0.900. The molecule has 0 radical (unpaired) electrons. The van der Waals surface area contributed by atoms with Gasteiger partial charge in [-0.15, -0.1) is 0 Å². The molecule has 1 heterocycles. The van der Waals surface area contributed by atoms with E-state index in [1.807, 2.05) is 0 Å². The Balaban J connectivity index is 2.43. The lowest BCUT2D eigenvalue weighted by Gasteiger charge is -2.06. The number of rotatable bonds is 7. The summed E-state index contributed by atoms with van der Waals surface area (Å²) in [6.45, 7) is -1.01. The maximum atomic E-state index is 11.7. The molecule has 1 aromatic heterocycles. The van der Waals surface area contributed by atoms with E-state index in [-0.39, 0.29) is 23.3 Å². The Morgan fingerprint density at radius 2 is 2.00 bits per heavy atom. The summed E-state index contributed by atoms with van der Waals surface area (Å²) in [5.41, 5.74) is 0. The normalized spacial score (nSPS) is 12.0. The van der Waals surface area contributed by atoms with E-state index in [9.17, 15) is 17.2 Å². The van der Waals surface area contributed by atoms with E-state index >= 15 is 0 Å². The fourth-order valence-corrected chi connectivity index (χ4v) is 1.94. The highest BCUT2D eigenvalue weighted by Gasteiger charge is 2.14. The largest absolute Gasteiger partial charge is 0.374 e. The SMILES string of the molecule is O=S(=O)(NCCOCC(F)F)c1cnc(Cl)nc1. The van der Waals surface area contributed by atoms with Crippen molar-refractivity contribution in [2.45, 2.75) is 11.3 Å². The number of alkyl halides is 2. The summed E-state index contributed by atoms with van der Waals surface area (Å²) < 4.78 is 53.3. The van der Waals surface area contributed by atoms with Crippen LogP contribution in [0.1, 0.15) is 0 Å². The number of hydrogen-bond donors (Lipinski definition) is 1. The fourth-order valence-electron chi connectivity index (χ4n) is 0.943. The van der Waals surface area contributed by atoms with Crippen LogP contribution in [-0.2, 0) is 14.8 Å². The van der Waals surface area contributed by atoms with Crippen LogP contribution in [-0.4, -0.2) is 44.6 Å². The van der Waals surface area contributed by atoms with E-state index in [4.69, 9.17) is 11.6 Å². The molecule has 1 N–H and O–H groups in total. The van der Waals surface area contributed by atoms with Gasteiger partial charge in [0.1, 0.15) is 11.5 Å². The van der Waals surface area contributed by atoms with Gasteiger partial charge in [-0.25, -0.2) is 31.9 Å². The van der Waals surface area contributed by atoms with E-state index in [1.165, 1.54) is 0 Å². The van der Waals surface area contributed by atoms with Crippen molar-refractivity contribution in [1.29, 1.82) is 0 Å². The smallest absolute Gasteiger partial charge is 0.261 e. The third-order valence-electron chi connectivity index (χ3n) is 1.69. The van der Waals surface area contributed by atoms with Crippen molar-refractivity contribution in [3.63, 3.8) is 0 Å². The first-order chi connectivity index (χ1) is 8.42. The van der Waals surface area contributed by atoms with Crippen LogP contribution in [0.3, 0.4) is 0 Å². The molecule has 0 aromatic carbocycles. The number of nitrogens with zero attached hydrogens (tertiary/aromatic N) is 2. The van der Waals surface area contributed by atoms with Gasteiger partial charge >= 0.3 is 0 Å². The topological polar surface area (TPSA) is 81.2 Å². The molecule has 0 aliphatic rings. The van der Waals surface area contributed by atoms with Gasteiger partial charge < -0.3 is 4.74 Å². The molecule has 18 heavy (non-hydrogen) atoms. The zero-order valence-corrected chi connectivity index (χ0v) is 10.6. The van der Waals surface area contributed by atoms with Gasteiger partial charge in [0.05, 0.1) is 19.0 Å². The Kier molecular flexibility index (Phi) is 5.79. The monoisotopic (exact) mass is 301 g/mol. The van der Waals surface area contributed by atoms with Gasteiger partial charge in [0, 0.05) is 6.54 Å². The second-order valence-electron chi connectivity index (χ2n) is 3.05. The van der Waals surface area contributed by atoms with Gasteiger partial charge in [-0.2, -0.15) is 0 Å². The second-order valence-corrected chi connectivity index (χ2v) is 5.16. The van der Waals surface area contributed by atoms with Crippen molar-refractivity contribution >= 4 is 21.6 Å². The predicted molar refractivity (Wildman–Crippen MR) is 59.1 cm³/mol. The average molecular weight is 302 g/mol. The van der Waals surface area contributed by atoms with Crippen LogP contribution >= 0.6 is 11.6 Å². The number of ether oxygens (including phenoxy) is 1. The van der Waals surface area contributed by atoms with Crippen LogP contribution in [0.25, 0.3) is 0 Å². The van der Waals surface area contributed by atoms with Gasteiger partial charge in [0.15, 0.2) is 0 Å². The number of sulfonamides is 1. The standard InChI is InChI=1S/C8H10ClF2N3O3S/c9-8-12-3-6(4-13-8)18(15,16)14-1-2-17-5-7(10)11/h3-4,7,14H,1-2,5H2. The van der Waals surface area contributed by atoms with Crippen LogP contribution in [0, 0.1) is 0 Å². The maximum Gasteiger partial charge on any atom is 0.261 e. The van der Waals surface area contributed by atoms with Crippen molar-refractivity contribution in [3.05, 3.63) is 17.7 Å². The third-order valence-corrected chi connectivity index (χ3v) is 3.30. The molecule has 0 saturated heterocycles. The first kappa shape index (κ1) is 15.2. The minimum Gasteiger partial charge on any atom is -0.374 e. The number of aromatic nitrogens is 2. The van der Waals surface area contributed by atoms with E-state index in [1.54, 1.807) is 0 Å². The lowest BCUT2D eigenvalue weighted by molar-refractivity contribution is 0.0199. The van der Waals surface area contributed by atoms with Crippen molar-refractivity contribution in [2.75, 3.05) is 19.8 Å². The molecule has 6 nitrogen and oxygen atoms in total. The fraction of sp³-hybridized carbons (Fsp3) is 0.500. The molecular weight excluding hydrogens is 292 g/mol. The molecule has 0 unspecified atom stereocenters. The Bertz CT molecular complexity index is 469. The summed E-state index contributed by atoms with van der Waals surface area (Å²) in [4.78, 5) is 6.87. The van der Waals surface area contributed by atoms with Gasteiger partial charge in [0.2, 0.25) is 15.3 Å². The molecule has 0 bridgehead atoms. The minimum absolute atomic E-state index is 0.0748. The molecule has 0 fully saturated rings. The summed E-state index contributed by atoms with van der Waals surface area (Å²) >= 11 is 5.41. The van der Waals surface area contributed by atoms with Crippen molar-refractivity contribution in [3.8, 4) is 0 Å². The second kappa shape index (κ2) is 6.88. The van der Waals surface area contributed by atoms with Crippen LogP contribution in [0.4, 0.5) is 8.78 Å². The summed E-state index contributed by atoms with van der Waals surface area (Å²) in [6.07, 6.45) is -0.499. The molecule has 0 atom stereocenters. The number of halogens is 3. The third kappa shape index (κ3) is 5.17. The molecule has 10 heteroatoms. The average Bonchev–Trinajstić information content (AvgIpc) is 2.28. The Morgan fingerprint density at radius 1 is 1.39 bits per heavy atom. The van der Waals surface area contributed by atoms with Gasteiger partial charge in [-0.3, -0.25) is 0 Å². The maximum absolute atomic E-state index is 11.7. The number of nitrogens with one attached hydrogen (secondary N) is 1. The van der Waals surface area contributed by atoms with Crippen molar-refractivity contribution < 1.29 is 21.9 Å². The van der Waals surface area contributed by atoms with Crippen LogP contribution in [0.15, 0.2) is 17.3 Å². The quantitative estimate of drug-likeness (QED) is 0.592. The molecule has 1 aromatic rings. The van der Waals surface area contributed by atoms with Gasteiger partial charge in [0.25, 0.3) is 6.43 Å². The highest BCUT2D eigenvalue weighted by atomic mass is 35.5.